The molecule has 1 aliphatic heterocycles. The second-order valence-corrected chi connectivity index (χ2v) is 7.14. The Morgan fingerprint density at radius 1 is 1.07 bits per heavy atom. The van der Waals surface area contributed by atoms with Gasteiger partial charge in [-0.05, 0) is 43.2 Å². The summed E-state index contributed by atoms with van der Waals surface area (Å²) in [4.78, 5) is 38.5. The molecule has 0 aliphatic carbocycles. The summed E-state index contributed by atoms with van der Waals surface area (Å²) in [6.07, 6.45) is -0.717. The number of amides is 3. The first-order valence-corrected chi connectivity index (χ1v) is 9.74. The third-order valence-corrected chi connectivity index (χ3v) is 5.06. The molecule has 1 aliphatic rings. The number of likely N-dealkylation sites (N-methyl/N-ethyl adjacent to an activating group) is 1. The van der Waals surface area contributed by atoms with E-state index in [1.807, 2.05) is 44.2 Å². The zero-order chi connectivity index (χ0) is 21.7. The first-order chi connectivity index (χ1) is 14.4. The Morgan fingerprint density at radius 3 is 2.60 bits per heavy atom. The summed E-state index contributed by atoms with van der Waals surface area (Å²) in [5.74, 6) is -0.346. The molecule has 3 amide bonds. The van der Waals surface area contributed by atoms with Crippen molar-refractivity contribution in [2.24, 2.45) is 0 Å². The Morgan fingerprint density at radius 2 is 1.83 bits per heavy atom. The van der Waals surface area contributed by atoms with Gasteiger partial charge >= 0.3 is 0 Å². The molecule has 0 saturated heterocycles. The van der Waals surface area contributed by atoms with E-state index in [1.165, 1.54) is 7.05 Å². The zero-order valence-electron chi connectivity index (χ0n) is 17.3. The van der Waals surface area contributed by atoms with Gasteiger partial charge in [0.1, 0.15) is 5.75 Å². The van der Waals surface area contributed by atoms with Crippen molar-refractivity contribution in [1.82, 2.24) is 10.6 Å². The van der Waals surface area contributed by atoms with Crippen LogP contribution in [0.25, 0.3) is 0 Å². The summed E-state index contributed by atoms with van der Waals surface area (Å²) in [6.45, 7) is 4.00. The molecule has 8 heteroatoms. The van der Waals surface area contributed by atoms with Gasteiger partial charge in [-0.1, -0.05) is 24.3 Å². The fourth-order valence-corrected chi connectivity index (χ4v) is 3.24. The van der Waals surface area contributed by atoms with E-state index in [0.29, 0.717) is 5.75 Å². The Kier molecular flexibility index (Phi) is 6.56. The quantitative estimate of drug-likeness (QED) is 0.668. The second-order valence-electron chi connectivity index (χ2n) is 7.14. The van der Waals surface area contributed by atoms with Gasteiger partial charge in [0.05, 0.1) is 25.3 Å². The van der Waals surface area contributed by atoms with E-state index >= 15 is 0 Å². The molecule has 1 heterocycles. The summed E-state index contributed by atoms with van der Waals surface area (Å²) in [7, 11) is 1.54. The molecule has 2 aromatic rings. The van der Waals surface area contributed by atoms with Crippen molar-refractivity contribution in [3.05, 3.63) is 53.6 Å². The minimum Gasteiger partial charge on any atom is -0.477 e. The van der Waals surface area contributed by atoms with Gasteiger partial charge < -0.3 is 25.6 Å². The number of anilines is 2. The number of nitrogens with one attached hydrogen (secondary N) is 3. The highest BCUT2D eigenvalue weighted by molar-refractivity contribution is 5.96. The fourth-order valence-electron chi connectivity index (χ4n) is 3.24. The normalized spacial score (nSPS) is 14.9. The standard InChI is InChI=1S/C22H26N4O4/c1-14-7-6-8-16(15(14)2)25-20(27)11-24-21(28)13-26-12-19(22(29)23-3)30-18-10-5-4-9-17(18)26/h4-10,19H,11-13H2,1-3H3,(H,23,29)(H,24,28)(H,25,27)/t19-/m0/s1. The Labute approximate surface area is 175 Å². The van der Waals surface area contributed by atoms with E-state index in [0.717, 1.165) is 22.5 Å². The predicted octanol–water partition coefficient (Wildman–Crippen LogP) is 1.37. The number of para-hydroxylation sites is 2. The minimum atomic E-state index is -0.717. The smallest absolute Gasteiger partial charge is 0.262 e. The number of carbonyl (C=O) groups is 3. The van der Waals surface area contributed by atoms with Gasteiger partial charge in [0.25, 0.3) is 5.91 Å². The number of benzene rings is 2. The highest BCUT2D eigenvalue weighted by atomic mass is 16.5. The lowest BCUT2D eigenvalue weighted by Crippen LogP contribution is -2.51. The minimum absolute atomic E-state index is 0.00458. The molecule has 0 fully saturated rings. The van der Waals surface area contributed by atoms with Gasteiger partial charge in [-0.15, -0.1) is 0 Å². The summed E-state index contributed by atoms with van der Waals surface area (Å²) in [6, 6.07) is 12.9. The van der Waals surface area contributed by atoms with Crippen molar-refractivity contribution < 1.29 is 19.1 Å². The molecule has 3 N–H and O–H groups in total. The topological polar surface area (TPSA) is 99.8 Å². The molecule has 0 bridgehead atoms. The highest BCUT2D eigenvalue weighted by Crippen LogP contribution is 2.32. The fraction of sp³-hybridized carbons (Fsp3) is 0.318. The molecule has 1 atom stereocenters. The number of ether oxygens (including phenoxy) is 1. The maximum absolute atomic E-state index is 12.5. The number of fused-ring (bicyclic) bond motifs is 1. The van der Waals surface area contributed by atoms with Crippen molar-refractivity contribution in [2.45, 2.75) is 20.0 Å². The lowest BCUT2D eigenvalue weighted by Gasteiger charge is -2.34. The Hall–Kier alpha value is -3.55. The number of hydrogen-bond acceptors (Lipinski definition) is 5. The third-order valence-electron chi connectivity index (χ3n) is 5.06. The second kappa shape index (κ2) is 9.30. The molecule has 0 aromatic heterocycles. The number of nitrogens with zero attached hydrogens (tertiary/aromatic N) is 1. The molecule has 0 spiro atoms. The van der Waals surface area contributed by atoms with Crippen LogP contribution in [0.1, 0.15) is 11.1 Å². The molecule has 0 saturated carbocycles. The van der Waals surface area contributed by atoms with E-state index < -0.39 is 6.10 Å². The number of aryl methyl sites for hydroxylation is 1. The van der Waals surface area contributed by atoms with E-state index in [9.17, 15) is 14.4 Å². The monoisotopic (exact) mass is 410 g/mol. The van der Waals surface area contributed by atoms with Crippen molar-refractivity contribution in [3.8, 4) is 5.75 Å². The van der Waals surface area contributed by atoms with Gasteiger partial charge in [0, 0.05) is 12.7 Å². The van der Waals surface area contributed by atoms with Crippen LogP contribution in [0.3, 0.4) is 0 Å². The van der Waals surface area contributed by atoms with E-state index in [4.69, 9.17) is 4.74 Å². The predicted molar refractivity (Wildman–Crippen MR) is 115 cm³/mol. The van der Waals surface area contributed by atoms with Crippen molar-refractivity contribution >= 4 is 29.1 Å². The van der Waals surface area contributed by atoms with Crippen LogP contribution >= 0.6 is 0 Å². The van der Waals surface area contributed by atoms with Crippen LogP contribution in [-0.2, 0) is 14.4 Å². The van der Waals surface area contributed by atoms with Gasteiger partial charge in [-0.2, -0.15) is 0 Å². The molecule has 0 unspecified atom stereocenters. The van der Waals surface area contributed by atoms with Crippen LogP contribution in [0.15, 0.2) is 42.5 Å². The van der Waals surface area contributed by atoms with Crippen LogP contribution in [-0.4, -0.2) is 50.5 Å². The average molecular weight is 410 g/mol. The molecule has 3 rings (SSSR count). The molecular formula is C22H26N4O4. The van der Waals surface area contributed by atoms with Crippen LogP contribution in [0, 0.1) is 13.8 Å². The molecule has 158 valence electrons. The molecular weight excluding hydrogens is 384 g/mol. The molecule has 2 aromatic carbocycles. The zero-order valence-corrected chi connectivity index (χ0v) is 17.3. The molecule has 0 radical (unpaired) electrons. The van der Waals surface area contributed by atoms with E-state index in [1.54, 1.807) is 17.0 Å². The third kappa shape index (κ3) is 4.89. The molecule has 30 heavy (non-hydrogen) atoms. The van der Waals surface area contributed by atoms with Crippen LogP contribution in [0.5, 0.6) is 5.75 Å². The first-order valence-electron chi connectivity index (χ1n) is 9.74. The maximum atomic E-state index is 12.5. The lowest BCUT2D eigenvalue weighted by atomic mass is 10.1. The van der Waals surface area contributed by atoms with Crippen LogP contribution in [0.2, 0.25) is 0 Å². The summed E-state index contributed by atoms with van der Waals surface area (Å²) in [5.41, 5.74) is 3.52. The molecule has 8 nitrogen and oxygen atoms in total. The summed E-state index contributed by atoms with van der Waals surface area (Å²) >= 11 is 0. The number of rotatable bonds is 6. The van der Waals surface area contributed by atoms with Crippen molar-refractivity contribution in [3.63, 3.8) is 0 Å². The van der Waals surface area contributed by atoms with Crippen molar-refractivity contribution in [1.29, 1.82) is 0 Å². The van der Waals surface area contributed by atoms with E-state index in [2.05, 4.69) is 16.0 Å². The first kappa shape index (κ1) is 21.2. The average Bonchev–Trinajstić information content (AvgIpc) is 2.75. The van der Waals surface area contributed by atoms with Crippen molar-refractivity contribution in [2.75, 3.05) is 36.9 Å². The maximum Gasteiger partial charge on any atom is 0.262 e. The Bertz CT molecular complexity index is 960. The number of hydrogen-bond donors (Lipinski definition) is 3. The van der Waals surface area contributed by atoms with Gasteiger partial charge in [-0.25, -0.2) is 0 Å². The van der Waals surface area contributed by atoms with Crippen LogP contribution < -0.4 is 25.6 Å². The largest absolute Gasteiger partial charge is 0.477 e. The van der Waals surface area contributed by atoms with Gasteiger partial charge in [0.15, 0.2) is 6.10 Å². The highest BCUT2D eigenvalue weighted by Gasteiger charge is 2.31. The SMILES string of the molecule is CNC(=O)[C@@H]1CN(CC(=O)NCC(=O)Nc2cccc(C)c2C)c2ccccc2O1. The van der Waals surface area contributed by atoms with E-state index in [-0.39, 0.29) is 37.4 Å². The summed E-state index contributed by atoms with van der Waals surface area (Å²) < 4.78 is 5.73. The lowest BCUT2D eigenvalue weighted by molar-refractivity contribution is -0.127. The van der Waals surface area contributed by atoms with Gasteiger partial charge in [0.2, 0.25) is 11.8 Å². The number of carbonyl (C=O) groups excluding carboxylic acids is 3. The van der Waals surface area contributed by atoms with Gasteiger partial charge in [-0.3, -0.25) is 14.4 Å². The van der Waals surface area contributed by atoms with Crippen LogP contribution in [0.4, 0.5) is 11.4 Å². The Balaban J connectivity index is 1.59. The summed E-state index contributed by atoms with van der Waals surface area (Å²) in [5, 5.41) is 8.02.